The molecule has 88 valence electrons. The van der Waals surface area contributed by atoms with Crippen LogP contribution in [0, 0.1) is 6.92 Å². The van der Waals surface area contributed by atoms with Gasteiger partial charge in [0.2, 0.25) is 0 Å². The number of hydrogen-bond acceptors (Lipinski definition) is 4. The van der Waals surface area contributed by atoms with Gasteiger partial charge in [-0.15, -0.1) is 0 Å². The zero-order valence-electron chi connectivity index (χ0n) is 8.90. The minimum Gasteiger partial charge on any atom is -0.426 e. The molecule has 0 aliphatic carbocycles. The first-order chi connectivity index (χ1) is 7.67. The Morgan fingerprint density at radius 1 is 1.50 bits per heavy atom. The van der Waals surface area contributed by atoms with Gasteiger partial charge in [0.15, 0.2) is 0 Å². The molecule has 0 aliphatic heterocycles. The van der Waals surface area contributed by atoms with Crippen LogP contribution in [-0.2, 0) is 16.3 Å². The van der Waals surface area contributed by atoms with Gasteiger partial charge in [-0.05, 0) is 30.2 Å². The molecule has 1 aromatic carbocycles. The molecule has 0 amide bonds. The van der Waals surface area contributed by atoms with Gasteiger partial charge in [-0.3, -0.25) is 10.1 Å². The number of hydrogen-bond donors (Lipinski definition) is 1. The number of rotatable bonds is 5. The molecule has 0 spiro atoms. The fourth-order valence-corrected chi connectivity index (χ4v) is 1.64. The molecule has 5 heteroatoms. The molecule has 0 heterocycles. The van der Waals surface area contributed by atoms with Crippen LogP contribution in [0.4, 0.5) is 0 Å². The van der Waals surface area contributed by atoms with Gasteiger partial charge in [-0.1, -0.05) is 28.7 Å². The number of ether oxygens (including phenoxy) is 1. The highest BCUT2D eigenvalue weighted by Crippen LogP contribution is 2.18. The van der Waals surface area contributed by atoms with Gasteiger partial charge in [0.1, 0.15) is 12.4 Å². The Balaban J connectivity index is 2.74. The van der Waals surface area contributed by atoms with Crippen LogP contribution in [0.1, 0.15) is 17.5 Å². The van der Waals surface area contributed by atoms with E-state index in [9.17, 15) is 4.79 Å². The molecule has 1 N–H and O–H groups in total. The summed E-state index contributed by atoms with van der Waals surface area (Å²) in [5, 5.41) is 8.39. The highest BCUT2D eigenvalue weighted by molar-refractivity contribution is 14.1. The maximum Gasteiger partial charge on any atom is 0.311 e. The van der Waals surface area contributed by atoms with Crippen molar-refractivity contribution in [2.24, 2.45) is 0 Å². The van der Waals surface area contributed by atoms with E-state index in [1.807, 2.05) is 13.0 Å². The molecule has 0 radical (unpaired) electrons. The van der Waals surface area contributed by atoms with Crippen molar-refractivity contribution in [3.63, 3.8) is 0 Å². The topological polar surface area (TPSA) is 55.8 Å². The fraction of sp³-hybridized carbons (Fsp3) is 0.364. The number of esters is 1. The second kappa shape index (κ2) is 6.82. The van der Waals surface area contributed by atoms with E-state index < -0.39 is 0 Å². The van der Waals surface area contributed by atoms with Crippen molar-refractivity contribution in [2.75, 3.05) is 4.43 Å². The Morgan fingerprint density at radius 2 is 2.25 bits per heavy atom. The van der Waals surface area contributed by atoms with Crippen molar-refractivity contribution in [2.45, 2.75) is 20.0 Å². The molecule has 0 saturated carbocycles. The quantitative estimate of drug-likeness (QED) is 0.224. The summed E-state index contributed by atoms with van der Waals surface area (Å²) < 4.78 is 5.85. The lowest BCUT2D eigenvalue weighted by molar-refractivity contribution is -0.253. The SMILES string of the molecule is Cc1ccc(OC(=O)CCI)cc1COO. The van der Waals surface area contributed by atoms with Crippen molar-refractivity contribution < 1.29 is 19.7 Å². The summed E-state index contributed by atoms with van der Waals surface area (Å²) >= 11 is 2.12. The van der Waals surface area contributed by atoms with Crippen LogP contribution in [0.3, 0.4) is 0 Å². The first-order valence-electron chi connectivity index (χ1n) is 4.80. The number of halogens is 1. The Labute approximate surface area is 108 Å². The molecule has 0 bridgehead atoms. The van der Waals surface area contributed by atoms with Crippen molar-refractivity contribution in [1.29, 1.82) is 0 Å². The predicted molar refractivity (Wildman–Crippen MR) is 67.7 cm³/mol. The molecule has 0 unspecified atom stereocenters. The summed E-state index contributed by atoms with van der Waals surface area (Å²) in [5.41, 5.74) is 1.77. The summed E-state index contributed by atoms with van der Waals surface area (Å²) in [6.45, 7) is 1.98. The van der Waals surface area contributed by atoms with Gasteiger partial charge in [-0.25, -0.2) is 4.89 Å². The molecule has 1 aromatic rings. The summed E-state index contributed by atoms with van der Waals surface area (Å²) in [6.07, 6.45) is 0.389. The highest BCUT2D eigenvalue weighted by atomic mass is 127. The summed E-state index contributed by atoms with van der Waals surface area (Å²) in [5.74, 6) is 0.224. The van der Waals surface area contributed by atoms with Crippen LogP contribution in [0.25, 0.3) is 0 Å². The van der Waals surface area contributed by atoms with Crippen LogP contribution in [0.15, 0.2) is 18.2 Å². The van der Waals surface area contributed by atoms with E-state index in [-0.39, 0.29) is 12.6 Å². The zero-order chi connectivity index (χ0) is 12.0. The molecular weight excluding hydrogens is 323 g/mol. The Kier molecular flexibility index (Phi) is 5.72. The number of carbonyl (C=O) groups excluding carboxylic acids is 1. The largest absolute Gasteiger partial charge is 0.426 e. The minimum atomic E-state index is -0.255. The second-order valence-electron chi connectivity index (χ2n) is 3.27. The lowest BCUT2D eigenvalue weighted by Crippen LogP contribution is -2.08. The molecule has 0 aromatic heterocycles. The highest BCUT2D eigenvalue weighted by Gasteiger charge is 2.06. The van der Waals surface area contributed by atoms with Gasteiger partial charge >= 0.3 is 5.97 Å². The van der Waals surface area contributed by atoms with E-state index in [0.717, 1.165) is 15.6 Å². The fourth-order valence-electron chi connectivity index (χ4n) is 1.20. The van der Waals surface area contributed by atoms with Gasteiger partial charge in [-0.2, -0.15) is 0 Å². The van der Waals surface area contributed by atoms with E-state index in [4.69, 9.17) is 9.99 Å². The maximum absolute atomic E-state index is 11.3. The monoisotopic (exact) mass is 336 g/mol. The molecule has 0 aliphatic rings. The standard InChI is InChI=1S/C11H13IO4/c1-8-2-3-10(6-9(8)7-15-14)16-11(13)4-5-12/h2-3,6,14H,4-5,7H2,1H3. The molecule has 0 atom stereocenters. The van der Waals surface area contributed by atoms with Gasteiger partial charge in [0.25, 0.3) is 0 Å². The predicted octanol–water partition coefficient (Wildman–Crippen LogP) is 2.72. The Morgan fingerprint density at radius 3 is 2.88 bits per heavy atom. The number of carbonyl (C=O) groups is 1. The van der Waals surface area contributed by atoms with Crippen LogP contribution in [0.5, 0.6) is 5.75 Å². The van der Waals surface area contributed by atoms with Crippen molar-refractivity contribution in [3.8, 4) is 5.75 Å². The third kappa shape index (κ3) is 4.07. The van der Waals surface area contributed by atoms with E-state index >= 15 is 0 Å². The average Bonchev–Trinajstić information content (AvgIpc) is 2.24. The Hall–Kier alpha value is -0.660. The second-order valence-corrected chi connectivity index (χ2v) is 4.35. The van der Waals surface area contributed by atoms with E-state index in [1.54, 1.807) is 12.1 Å². The smallest absolute Gasteiger partial charge is 0.311 e. The maximum atomic E-state index is 11.3. The molecule has 0 fully saturated rings. The van der Waals surface area contributed by atoms with Gasteiger partial charge in [0.05, 0.1) is 6.42 Å². The summed E-state index contributed by atoms with van der Waals surface area (Å²) in [7, 11) is 0. The zero-order valence-corrected chi connectivity index (χ0v) is 11.1. The van der Waals surface area contributed by atoms with Gasteiger partial charge in [0, 0.05) is 4.43 Å². The van der Waals surface area contributed by atoms with Crippen LogP contribution in [0.2, 0.25) is 0 Å². The lowest BCUT2D eigenvalue weighted by Gasteiger charge is -2.07. The molecule has 16 heavy (non-hydrogen) atoms. The van der Waals surface area contributed by atoms with Crippen LogP contribution >= 0.6 is 22.6 Å². The molecule has 1 rings (SSSR count). The number of alkyl halides is 1. The van der Waals surface area contributed by atoms with Crippen LogP contribution in [-0.4, -0.2) is 15.7 Å². The number of aryl methyl sites for hydroxylation is 1. The first-order valence-corrected chi connectivity index (χ1v) is 6.32. The third-order valence-corrected chi connectivity index (χ3v) is 2.61. The number of benzene rings is 1. The first kappa shape index (κ1) is 13.4. The van der Waals surface area contributed by atoms with Crippen molar-refractivity contribution in [1.82, 2.24) is 0 Å². The lowest BCUT2D eigenvalue weighted by atomic mass is 10.1. The third-order valence-electron chi connectivity index (χ3n) is 2.07. The normalized spacial score (nSPS) is 10.2. The van der Waals surface area contributed by atoms with Crippen molar-refractivity contribution in [3.05, 3.63) is 29.3 Å². The van der Waals surface area contributed by atoms with E-state index in [2.05, 4.69) is 27.5 Å². The molecule has 0 saturated heterocycles. The summed E-state index contributed by atoms with van der Waals surface area (Å²) in [6, 6.07) is 5.24. The van der Waals surface area contributed by atoms with E-state index in [1.165, 1.54) is 0 Å². The van der Waals surface area contributed by atoms with Gasteiger partial charge < -0.3 is 4.74 Å². The summed E-state index contributed by atoms with van der Waals surface area (Å²) in [4.78, 5) is 15.3. The minimum absolute atomic E-state index is 0.0868. The molecule has 4 nitrogen and oxygen atoms in total. The average molecular weight is 336 g/mol. The van der Waals surface area contributed by atoms with Crippen LogP contribution < -0.4 is 4.74 Å². The molecular formula is C11H13IO4. The Bertz CT molecular complexity index is 365. The van der Waals surface area contributed by atoms with E-state index in [0.29, 0.717) is 12.2 Å². The van der Waals surface area contributed by atoms with Crippen molar-refractivity contribution >= 4 is 28.6 Å².